The van der Waals surface area contributed by atoms with Crippen LogP contribution in [0.5, 0.6) is 11.5 Å². The number of ether oxygens (including phenoxy) is 2. The molecule has 0 radical (unpaired) electrons. The first-order chi connectivity index (χ1) is 17.1. The molecule has 2 aromatic rings. The number of amides is 1. The van der Waals surface area contributed by atoms with E-state index in [0.717, 1.165) is 17.7 Å². The fraction of sp³-hybridized carbons (Fsp3) is 0.500. The average Bonchev–Trinajstić information content (AvgIpc) is 3.14. The van der Waals surface area contributed by atoms with Gasteiger partial charge in [-0.1, -0.05) is 19.9 Å². The molecular formula is C26H34FN3O5S. The quantitative estimate of drug-likeness (QED) is 0.577. The van der Waals surface area contributed by atoms with Crippen LogP contribution in [0.25, 0.3) is 0 Å². The normalized spacial score (nSPS) is 20.3. The molecule has 2 aliphatic rings. The van der Waals surface area contributed by atoms with Gasteiger partial charge in [0.05, 0.1) is 30.8 Å². The second kappa shape index (κ2) is 10.4. The number of rotatable bonds is 8. The molecule has 2 aliphatic heterocycles. The van der Waals surface area contributed by atoms with Gasteiger partial charge in [-0.3, -0.25) is 10.1 Å². The molecule has 2 saturated heterocycles. The number of piperidine rings is 1. The highest BCUT2D eigenvalue weighted by Crippen LogP contribution is 2.36. The van der Waals surface area contributed by atoms with Crippen LogP contribution >= 0.6 is 0 Å². The number of sulfonamides is 1. The van der Waals surface area contributed by atoms with E-state index in [9.17, 15) is 17.6 Å². The van der Waals surface area contributed by atoms with Gasteiger partial charge < -0.3 is 14.4 Å². The minimum atomic E-state index is -3.75. The summed E-state index contributed by atoms with van der Waals surface area (Å²) >= 11 is 0. The predicted molar refractivity (Wildman–Crippen MR) is 134 cm³/mol. The number of halogens is 1. The van der Waals surface area contributed by atoms with Gasteiger partial charge in [-0.15, -0.1) is 0 Å². The van der Waals surface area contributed by atoms with Crippen LogP contribution in [0.4, 0.5) is 4.39 Å². The number of nitrogens with one attached hydrogen (secondary N) is 1. The molecule has 0 unspecified atom stereocenters. The monoisotopic (exact) mass is 519 g/mol. The molecule has 2 fully saturated rings. The molecule has 0 aromatic heterocycles. The summed E-state index contributed by atoms with van der Waals surface area (Å²) < 4.78 is 51.7. The lowest BCUT2D eigenvalue weighted by atomic mass is 9.96. The molecule has 0 bridgehead atoms. The third-order valence-corrected chi connectivity index (χ3v) is 9.13. The smallest absolute Gasteiger partial charge is 0.243 e. The van der Waals surface area contributed by atoms with E-state index in [1.54, 1.807) is 14.2 Å². The number of carbonyl (C=O) groups excluding carboxylic acids is 1. The summed E-state index contributed by atoms with van der Waals surface area (Å²) in [4.78, 5) is 15.4. The van der Waals surface area contributed by atoms with E-state index in [1.165, 1.54) is 16.4 Å². The molecule has 2 heterocycles. The average molecular weight is 520 g/mol. The van der Waals surface area contributed by atoms with E-state index in [-0.39, 0.29) is 35.9 Å². The second-order valence-corrected chi connectivity index (χ2v) is 11.6. The van der Waals surface area contributed by atoms with Crippen molar-refractivity contribution in [1.82, 2.24) is 14.5 Å². The summed E-state index contributed by atoms with van der Waals surface area (Å²) in [5.41, 5.74) is 0.400. The van der Waals surface area contributed by atoms with E-state index in [1.807, 2.05) is 36.9 Å². The number of benzene rings is 2. The second-order valence-electron chi connectivity index (χ2n) is 9.68. The van der Waals surface area contributed by atoms with E-state index >= 15 is 0 Å². The van der Waals surface area contributed by atoms with E-state index < -0.39 is 21.5 Å². The maximum atomic E-state index is 13.4. The van der Waals surface area contributed by atoms with Crippen LogP contribution in [-0.2, 0) is 21.2 Å². The van der Waals surface area contributed by atoms with Crippen LogP contribution in [0.1, 0.15) is 32.3 Å². The van der Waals surface area contributed by atoms with Crippen molar-refractivity contribution in [1.29, 1.82) is 0 Å². The fourth-order valence-corrected chi connectivity index (χ4v) is 6.57. The third kappa shape index (κ3) is 4.94. The molecule has 0 saturated carbocycles. The van der Waals surface area contributed by atoms with Gasteiger partial charge in [0.25, 0.3) is 0 Å². The maximum absolute atomic E-state index is 13.4. The van der Waals surface area contributed by atoms with Gasteiger partial charge in [-0.25, -0.2) is 12.8 Å². The molecule has 1 amide bonds. The lowest BCUT2D eigenvalue weighted by molar-refractivity contribution is -0.133. The largest absolute Gasteiger partial charge is 0.493 e. The summed E-state index contributed by atoms with van der Waals surface area (Å²) in [6.45, 7) is 5.04. The van der Waals surface area contributed by atoms with Crippen molar-refractivity contribution in [3.63, 3.8) is 0 Å². The lowest BCUT2D eigenvalue weighted by Crippen LogP contribution is -2.60. The Morgan fingerprint density at radius 1 is 1.06 bits per heavy atom. The van der Waals surface area contributed by atoms with Crippen molar-refractivity contribution in [3.8, 4) is 11.5 Å². The van der Waals surface area contributed by atoms with Gasteiger partial charge in [0.2, 0.25) is 15.9 Å². The Morgan fingerprint density at radius 2 is 1.69 bits per heavy atom. The van der Waals surface area contributed by atoms with Crippen molar-refractivity contribution in [2.75, 3.05) is 33.9 Å². The van der Waals surface area contributed by atoms with E-state index in [2.05, 4.69) is 5.32 Å². The molecule has 10 heteroatoms. The Balaban J connectivity index is 1.52. The summed E-state index contributed by atoms with van der Waals surface area (Å²) in [6, 6.07) is 10.3. The minimum Gasteiger partial charge on any atom is -0.493 e. The Kier molecular flexibility index (Phi) is 7.59. The third-order valence-electron chi connectivity index (χ3n) is 7.21. The van der Waals surface area contributed by atoms with Crippen LogP contribution in [0.3, 0.4) is 0 Å². The molecular weight excluding hydrogens is 485 g/mol. The highest BCUT2D eigenvalue weighted by Gasteiger charge is 2.52. The van der Waals surface area contributed by atoms with E-state index in [0.29, 0.717) is 37.3 Å². The summed E-state index contributed by atoms with van der Waals surface area (Å²) in [5, 5.41) is 3.56. The SMILES string of the molecule is COc1ccc(CCN2C(=O)[C@@H](C(C)C)NC23CCN(S(=O)(=O)c2ccc(F)cc2)CC3)cc1OC. The first-order valence-electron chi connectivity index (χ1n) is 12.2. The van der Waals surface area contributed by atoms with Crippen molar-refractivity contribution in [3.05, 3.63) is 53.8 Å². The van der Waals surface area contributed by atoms with Gasteiger partial charge >= 0.3 is 0 Å². The van der Waals surface area contributed by atoms with Crippen LogP contribution in [0.2, 0.25) is 0 Å². The van der Waals surface area contributed by atoms with Crippen molar-refractivity contribution in [2.24, 2.45) is 5.92 Å². The number of methoxy groups -OCH3 is 2. The molecule has 1 N–H and O–H groups in total. The van der Waals surface area contributed by atoms with Crippen molar-refractivity contribution >= 4 is 15.9 Å². The minimum absolute atomic E-state index is 0.0420. The molecule has 2 aromatic carbocycles. The molecule has 4 rings (SSSR count). The Bertz CT molecular complexity index is 1190. The number of hydrogen-bond acceptors (Lipinski definition) is 6. The molecule has 36 heavy (non-hydrogen) atoms. The van der Waals surface area contributed by atoms with Crippen LogP contribution < -0.4 is 14.8 Å². The van der Waals surface area contributed by atoms with Gasteiger partial charge in [-0.05, 0) is 67.1 Å². The molecule has 1 spiro atoms. The van der Waals surface area contributed by atoms with Crippen LogP contribution in [0, 0.1) is 11.7 Å². The molecule has 1 atom stereocenters. The first kappa shape index (κ1) is 26.4. The lowest BCUT2D eigenvalue weighted by Gasteiger charge is -2.44. The Morgan fingerprint density at radius 3 is 2.28 bits per heavy atom. The van der Waals surface area contributed by atoms with E-state index in [4.69, 9.17) is 9.47 Å². The topological polar surface area (TPSA) is 88.2 Å². The Hall–Kier alpha value is -2.69. The standard InChI is InChI=1S/C26H34FN3O5S/c1-18(2)24-25(31)30(14-11-19-5-10-22(34-3)23(17-19)35-4)26(28-24)12-15-29(16-13-26)36(32,33)21-8-6-20(27)7-9-21/h5-10,17-18,24,28H,11-16H2,1-4H3/t24-/m1/s1. The molecule has 8 nitrogen and oxygen atoms in total. The predicted octanol–water partition coefficient (Wildman–Crippen LogP) is 3.02. The van der Waals surface area contributed by atoms with Gasteiger partial charge in [-0.2, -0.15) is 4.31 Å². The Labute approximate surface area is 212 Å². The zero-order chi connectivity index (χ0) is 26.1. The van der Waals surface area contributed by atoms with Gasteiger partial charge in [0.1, 0.15) is 5.82 Å². The number of nitrogens with zero attached hydrogens (tertiary/aromatic N) is 2. The summed E-state index contributed by atoms with van der Waals surface area (Å²) in [6.07, 6.45) is 1.56. The number of carbonyl (C=O) groups is 1. The fourth-order valence-electron chi connectivity index (χ4n) is 5.13. The van der Waals surface area contributed by atoms with Crippen molar-refractivity contribution in [2.45, 2.75) is 49.7 Å². The maximum Gasteiger partial charge on any atom is 0.243 e. The highest BCUT2D eigenvalue weighted by atomic mass is 32.2. The number of hydrogen-bond donors (Lipinski definition) is 1. The zero-order valence-corrected chi connectivity index (χ0v) is 22.0. The first-order valence-corrected chi connectivity index (χ1v) is 13.6. The summed E-state index contributed by atoms with van der Waals surface area (Å²) in [7, 11) is -0.569. The van der Waals surface area contributed by atoms with Gasteiger partial charge in [0.15, 0.2) is 11.5 Å². The van der Waals surface area contributed by atoms with Crippen LogP contribution in [-0.4, -0.2) is 69.1 Å². The molecule has 0 aliphatic carbocycles. The summed E-state index contributed by atoms with van der Waals surface area (Å²) in [5.74, 6) is 0.938. The van der Waals surface area contributed by atoms with Crippen LogP contribution in [0.15, 0.2) is 47.4 Å². The molecule has 196 valence electrons. The van der Waals surface area contributed by atoms with Gasteiger partial charge in [0, 0.05) is 19.6 Å². The zero-order valence-electron chi connectivity index (χ0n) is 21.2. The highest BCUT2D eigenvalue weighted by molar-refractivity contribution is 7.89. The van der Waals surface area contributed by atoms with Crippen molar-refractivity contribution < 1.29 is 27.1 Å².